The highest BCUT2D eigenvalue weighted by Crippen LogP contribution is 2.48. The molecular formula is C17H11F4N3O. The van der Waals surface area contributed by atoms with Gasteiger partial charge in [-0.1, -0.05) is 12.1 Å². The summed E-state index contributed by atoms with van der Waals surface area (Å²) in [6.07, 6.45) is -1.69. The highest BCUT2D eigenvalue weighted by molar-refractivity contribution is 5.31. The quantitative estimate of drug-likeness (QED) is 0.657. The predicted octanol–water partition coefficient (Wildman–Crippen LogP) is 3.89. The average molecular weight is 349 g/mol. The minimum atomic E-state index is -4.14. The number of nitrogens with zero attached hydrogens (tertiary/aromatic N) is 3. The van der Waals surface area contributed by atoms with Crippen molar-refractivity contribution in [3.63, 3.8) is 0 Å². The van der Waals surface area contributed by atoms with Gasteiger partial charge in [-0.3, -0.25) is 4.98 Å². The molecule has 1 unspecified atom stereocenters. The summed E-state index contributed by atoms with van der Waals surface area (Å²) in [5.74, 6) is -6.57. The molecule has 8 heteroatoms. The molecule has 0 spiro atoms. The van der Waals surface area contributed by atoms with Crippen molar-refractivity contribution in [2.45, 2.75) is 24.1 Å². The first-order chi connectivity index (χ1) is 11.8. The highest BCUT2D eigenvalue weighted by Gasteiger charge is 2.60. The third-order valence-electron chi connectivity index (χ3n) is 3.66. The summed E-state index contributed by atoms with van der Waals surface area (Å²) in [6, 6.07) is 5.28. The zero-order valence-electron chi connectivity index (χ0n) is 12.6. The maximum atomic E-state index is 15.0. The number of halogens is 4. The van der Waals surface area contributed by atoms with E-state index >= 15 is 8.78 Å². The van der Waals surface area contributed by atoms with Crippen molar-refractivity contribution in [2.24, 2.45) is 0 Å². The van der Waals surface area contributed by atoms with Crippen LogP contribution in [-0.4, -0.2) is 16.3 Å². The Balaban J connectivity index is 2.68. The van der Waals surface area contributed by atoms with Crippen LogP contribution >= 0.6 is 0 Å². The molecule has 1 N–H and O–H groups in total. The van der Waals surface area contributed by atoms with E-state index < -0.39 is 47.0 Å². The number of pyridine rings is 1. The van der Waals surface area contributed by atoms with Gasteiger partial charge < -0.3 is 5.11 Å². The lowest BCUT2D eigenvalue weighted by Crippen LogP contribution is -2.46. The number of hydrogen-bond donors (Lipinski definition) is 1. The van der Waals surface area contributed by atoms with Gasteiger partial charge in [-0.2, -0.15) is 8.78 Å². The van der Waals surface area contributed by atoms with Gasteiger partial charge in [-0.25, -0.2) is 31.6 Å². The monoisotopic (exact) mass is 349 g/mol. The summed E-state index contributed by atoms with van der Waals surface area (Å²) in [5, 5.41) is 10.7. The predicted molar refractivity (Wildman–Crippen MR) is 80.0 cm³/mol. The van der Waals surface area contributed by atoms with Crippen molar-refractivity contribution in [3.8, 4) is 0 Å². The Morgan fingerprint density at radius 1 is 1.12 bits per heavy atom. The van der Waals surface area contributed by atoms with E-state index in [0.29, 0.717) is 18.2 Å². The minimum Gasteiger partial charge on any atom is -0.378 e. The Morgan fingerprint density at radius 3 is 2.32 bits per heavy atom. The fourth-order valence-corrected chi connectivity index (χ4v) is 2.38. The zero-order chi connectivity index (χ0) is 18.7. The number of alkyl halides is 2. The molecule has 0 amide bonds. The summed E-state index contributed by atoms with van der Waals surface area (Å²) < 4.78 is 57.3. The van der Waals surface area contributed by atoms with Crippen LogP contribution in [0, 0.1) is 24.8 Å². The Labute approximate surface area is 141 Å². The van der Waals surface area contributed by atoms with Crippen molar-refractivity contribution in [2.75, 3.05) is 0 Å². The molecule has 0 fully saturated rings. The Kier molecular flexibility index (Phi) is 5.05. The number of aliphatic hydroxyl groups is 1. The van der Waals surface area contributed by atoms with Crippen LogP contribution in [0.3, 0.4) is 0 Å². The minimum absolute atomic E-state index is 0.347. The van der Waals surface area contributed by atoms with Gasteiger partial charge in [0.2, 0.25) is 0 Å². The maximum absolute atomic E-state index is 15.0. The van der Waals surface area contributed by atoms with Gasteiger partial charge in [-0.15, -0.1) is 0 Å². The van der Waals surface area contributed by atoms with Crippen molar-refractivity contribution >= 4 is 0 Å². The second-order valence-corrected chi connectivity index (χ2v) is 5.22. The lowest BCUT2D eigenvalue weighted by molar-refractivity contribution is -0.203. The number of benzene rings is 1. The Hall–Kier alpha value is -2.97. The molecule has 1 heterocycles. The molecule has 0 saturated carbocycles. The SMILES string of the molecule is [C-]#[N+]C(CC(O)(c1ccc(F)cc1F)C(F)(F)c1ccccn1)[N+]#[C-]. The molecule has 0 radical (unpaired) electrons. The molecule has 4 nitrogen and oxygen atoms in total. The highest BCUT2D eigenvalue weighted by atomic mass is 19.3. The standard InChI is InChI=1S/C17H11F4N3O/c1-22-15(23-2)10-16(25,12-7-6-11(18)9-13(12)19)17(20,21)14-5-3-4-8-24-14/h3-9,15,25H,10H2. The van der Waals surface area contributed by atoms with Crippen LogP contribution in [0.4, 0.5) is 17.6 Å². The molecule has 25 heavy (non-hydrogen) atoms. The van der Waals surface area contributed by atoms with E-state index in [1.54, 1.807) is 0 Å². The van der Waals surface area contributed by atoms with Crippen LogP contribution in [-0.2, 0) is 11.5 Å². The number of aromatic nitrogens is 1. The Morgan fingerprint density at radius 2 is 1.80 bits per heavy atom. The fourth-order valence-electron chi connectivity index (χ4n) is 2.38. The lowest BCUT2D eigenvalue weighted by atomic mass is 9.81. The molecule has 1 aromatic carbocycles. The summed E-state index contributed by atoms with van der Waals surface area (Å²) in [6.45, 7) is 13.8. The van der Waals surface area contributed by atoms with Crippen molar-refractivity contribution in [1.29, 1.82) is 0 Å². The largest absolute Gasteiger partial charge is 0.477 e. The van der Waals surface area contributed by atoms with Gasteiger partial charge >= 0.3 is 12.1 Å². The summed E-state index contributed by atoms with van der Waals surface area (Å²) >= 11 is 0. The van der Waals surface area contributed by atoms with Crippen LogP contribution in [0.1, 0.15) is 17.7 Å². The van der Waals surface area contributed by atoms with E-state index in [2.05, 4.69) is 14.7 Å². The van der Waals surface area contributed by atoms with E-state index in [1.165, 1.54) is 12.1 Å². The van der Waals surface area contributed by atoms with Crippen molar-refractivity contribution < 1.29 is 22.7 Å². The third-order valence-corrected chi connectivity index (χ3v) is 3.66. The van der Waals surface area contributed by atoms with E-state index in [0.717, 1.165) is 12.3 Å². The van der Waals surface area contributed by atoms with Gasteiger partial charge in [-0.05, 0) is 18.2 Å². The first kappa shape index (κ1) is 18.4. The number of rotatable bonds is 5. The van der Waals surface area contributed by atoms with Crippen molar-refractivity contribution in [1.82, 2.24) is 4.98 Å². The van der Waals surface area contributed by atoms with Crippen LogP contribution in [0.2, 0.25) is 0 Å². The fraction of sp³-hybridized carbons (Fsp3) is 0.235. The topological polar surface area (TPSA) is 41.8 Å². The first-order valence-electron chi connectivity index (χ1n) is 6.96. The number of hydrogen-bond acceptors (Lipinski definition) is 2. The summed E-state index contributed by atoms with van der Waals surface area (Å²) in [7, 11) is 0. The third kappa shape index (κ3) is 3.30. The molecular weight excluding hydrogens is 338 g/mol. The molecule has 0 bridgehead atoms. The van der Waals surface area contributed by atoms with Gasteiger partial charge in [0.1, 0.15) is 23.7 Å². The van der Waals surface area contributed by atoms with E-state index in [1.807, 2.05) is 0 Å². The lowest BCUT2D eigenvalue weighted by Gasteiger charge is -2.34. The van der Waals surface area contributed by atoms with E-state index in [4.69, 9.17) is 13.1 Å². The van der Waals surface area contributed by atoms with E-state index in [-0.39, 0.29) is 0 Å². The smallest absolute Gasteiger partial charge is 0.378 e. The second-order valence-electron chi connectivity index (χ2n) is 5.22. The maximum Gasteiger partial charge on any atom is 0.477 e. The van der Waals surface area contributed by atoms with E-state index in [9.17, 15) is 13.9 Å². The zero-order valence-corrected chi connectivity index (χ0v) is 12.6. The van der Waals surface area contributed by atoms with Crippen LogP contribution < -0.4 is 0 Å². The van der Waals surface area contributed by atoms with Crippen molar-refractivity contribution in [3.05, 3.63) is 88.3 Å². The van der Waals surface area contributed by atoms with Crippen LogP contribution in [0.5, 0.6) is 0 Å². The van der Waals surface area contributed by atoms with Crippen LogP contribution in [0.25, 0.3) is 9.69 Å². The molecule has 1 aromatic heterocycles. The molecule has 0 aliphatic heterocycles. The van der Waals surface area contributed by atoms with Gasteiger partial charge in [0.15, 0.2) is 5.60 Å². The normalized spacial score (nSPS) is 13.8. The van der Waals surface area contributed by atoms with Gasteiger partial charge in [0, 0.05) is 17.8 Å². The average Bonchev–Trinajstić information content (AvgIpc) is 2.60. The molecule has 0 aliphatic carbocycles. The van der Waals surface area contributed by atoms with Gasteiger partial charge in [0.25, 0.3) is 0 Å². The summed E-state index contributed by atoms with van der Waals surface area (Å²) in [5.41, 5.74) is -5.05. The second kappa shape index (κ2) is 6.88. The van der Waals surface area contributed by atoms with Crippen LogP contribution in [0.15, 0.2) is 42.6 Å². The van der Waals surface area contributed by atoms with Gasteiger partial charge in [0.05, 0.1) is 0 Å². The molecule has 2 rings (SSSR count). The Bertz CT molecular complexity index is 831. The molecule has 1 atom stereocenters. The molecule has 2 aromatic rings. The molecule has 0 aliphatic rings. The first-order valence-corrected chi connectivity index (χ1v) is 6.96. The molecule has 0 saturated heterocycles. The summed E-state index contributed by atoms with van der Waals surface area (Å²) in [4.78, 5) is 9.20. The molecule has 128 valence electrons.